The van der Waals surface area contributed by atoms with Gasteiger partial charge in [-0.3, -0.25) is 4.79 Å². The highest BCUT2D eigenvalue weighted by atomic mass is 79.9. The van der Waals surface area contributed by atoms with Gasteiger partial charge in [0.1, 0.15) is 5.76 Å². The molecule has 1 N–H and O–H groups in total. The lowest BCUT2D eigenvalue weighted by Gasteiger charge is -2.05. The molecule has 5 heteroatoms. The number of furan rings is 1. The first-order chi connectivity index (χ1) is 8.60. The van der Waals surface area contributed by atoms with Gasteiger partial charge in [0.05, 0.1) is 17.3 Å². The van der Waals surface area contributed by atoms with Gasteiger partial charge in [-0.25, -0.2) is 0 Å². The topological polar surface area (TPSA) is 66.0 Å². The average Bonchev–Trinajstić information content (AvgIpc) is 2.78. The molecule has 0 aliphatic rings. The van der Waals surface area contributed by atoms with Gasteiger partial charge in [-0.1, -0.05) is 0 Å². The van der Waals surface area contributed by atoms with Crippen LogP contribution in [-0.2, 0) is 0 Å². The van der Waals surface area contributed by atoms with Gasteiger partial charge < -0.3 is 9.73 Å². The molecule has 18 heavy (non-hydrogen) atoms. The van der Waals surface area contributed by atoms with Crippen molar-refractivity contribution in [1.82, 2.24) is 0 Å². The number of hydrogen-bond donors (Lipinski definition) is 1. The second-order valence-corrected chi connectivity index (χ2v) is 4.53. The Bertz CT molecular complexity index is 641. The predicted molar refractivity (Wildman–Crippen MR) is 70.3 cm³/mol. The Labute approximate surface area is 112 Å². The first kappa shape index (κ1) is 12.4. The highest BCUT2D eigenvalue weighted by Gasteiger charge is 2.11. The van der Waals surface area contributed by atoms with Crippen molar-refractivity contribution in [2.24, 2.45) is 0 Å². The Morgan fingerprint density at radius 1 is 1.39 bits per heavy atom. The van der Waals surface area contributed by atoms with Gasteiger partial charge in [0.2, 0.25) is 0 Å². The van der Waals surface area contributed by atoms with Crippen molar-refractivity contribution in [1.29, 1.82) is 5.26 Å². The van der Waals surface area contributed by atoms with Crippen molar-refractivity contribution >= 4 is 27.5 Å². The molecular formula is C13H9BrN2O2. The van der Waals surface area contributed by atoms with Crippen LogP contribution in [0.4, 0.5) is 5.69 Å². The van der Waals surface area contributed by atoms with E-state index in [9.17, 15) is 4.79 Å². The number of amides is 1. The molecule has 0 radical (unpaired) electrons. The standard InChI is InChI=1S/C13H9BrN2O2/c1-8-2-5-12(18-8)13(17)16-11-4-3-9(7-15)6-10(11)14/h2-6H,1H3,(H,16,17). The molecule has 4 nitrogen and oxygen atoms in total. The number of nitrogens with one attached hydrogen (secondary N) is 1. The van der Waals surface area contributed by atoms with Crippen LogP contribution in [0, 0.1) is 18.3 Å². The fourth-order valence-electron chi connectivity index (χ4n) is 1.43. The van der Waals surface area contributed by atoms with Gasteiger partial charge in [0, 0.05) is 4.47 Å². The summed E-state index contributed by atoms with van der Waals surface area (Å²) in [6.07, 6.45) is 0. The minimum atomic E-state index is -0.325. The first-order valence-corrected chi connectivity index (χ1v) is 5.97. The second-order valence-electron chi connectivity index (χ2n) is 3.67. The van der Waals surface area contributed by atoms with Crippen LogP contribution in [0.2, 0.25) is 0 Å². The Balaban J connectivity index is 2.20. The monoisotopic (exact) mass is 304 g/mol. The number of anilines is 1. The molecule has 2 aromatic rings. The van der Waals surface area contributed by atoms with E-state index in [4.69, 9.17) is 9.68 Å². The summed E-state index contributed by atoms with van der Waals surface area (Å²) < 4.78 is 5.87. The van der Waals surface area contributed by atoms with Gasteiger partial charge in [-0.05, 0) is 53.2 Å². The lowest BCUT2D eigenvalue weighted by Crippen LogP contribution is -2.11. The molecule has 2 rings (SSSR count). The van der Waals surface area contributed by atoms with Crippen LogP contribution in [0.3, 0.4) is 0 Å². The Hall–Kier alpha value is -2.06. The summed E-state index contributed by atoms with van der Waals surface area (Å²) in [5, 5.41) is 11.4. The number of benzene rings is 1. The molecule has 1 aromatic carbocycles. The quantitative estimate of drug-likeness (QED) is 0.923. The summed E-state index contributed by atoms with van der Waals surface area (Å²) in [7, 11) is 0. The first-order valence-electron chi connectivity index (χ1n) is 5.17. The van der Waals surface area contributed by atoms with E-state index >= 15 is 0 Å². The van der Waals surface area contributed by atoms with E-state index in [1.165, 1.54) is 0 Å². The largest absolute Gasteiger partial charge is 0.456 e. The van der Waals surface area contributed by atoms with E-state index in [0.29, 0.717) is 21.5 Å². The van der Waals surface area contributed by atoms with Crippen LogP contribution in [-0.4, -0.2) is 5.91 Å². The lowest BCUT2D eigenvalue weighted by atomic mass is 10.2. The van der Waals surface area contributed by atoms with Crippen LogP contribution in [0.5, 0.6) is 0 Å². The molecule has 0 unspecified atom stereocenters. The zero-order valence-electron chi connectivity index (χ0n) is 9.53. The molecule has 1 aromatic heterocycles. The maximum Gasteiger partial charge on any atom is 0.291 e. The number of hydrogen-bond acceptors (Lipinski definition) is 3. The summed E-state index contributed by atoms with van der Waals surface area (Å²) in [6, 6.07) is 10.3. The van der Waals surface area contributed by atoms with Gasteiger partial charge in [0.25, 0.3) is 5.91 Å². The molecule has 0 spiro atoms. The minimum Gasteiger partial charge on any atom is -0.456 e. The Morgan fingerprint density at radius 2 is 2.17 bits per heavy atom. The molecule has 0 saturated carbocycles. The highest BCUT2D eigenvalue weighted by Crippen LogP contribution is 2.24. The van der Waals surface area contributed by atoms with E-state index in [1.54, 1.807) is 37.3 Å². The van der Waals surface area contributed by atoms with Crippen LogP contribution in [0.15, 0.2) is 39.2 Å². The van der Waals surface area contributed by atoms with Gasteiger partial charge in [-0.2, -0.15) is 5.26 Å². The number of nitriles is 1. The van der Waals surface area contributed by atoms with Gasteiger partial charge >= 0.3 is 0 Å². The minimum absolute atomic E-state index is 0.253. The van der Waals surface area contributed by atoms with Gasteiger partial charge in [0.15, 0.2) is 5.76 Å². The van der Waals surface area contributed by atoms with Crippen molar-refractivity contribution in [3.8, 4) is 6.07 Å². The highest BCUT2D eigenvalue weighted by molar-refractivity contribution is 9.10. The predicted octanol–water partition coefficient (Wildman–Crippen LogP) is 3.47. The SMILES string of the molecule is Cc1ccc(C(=O)Nc2ccc(C#N)cc2Br)o1. The molecule has 0 saturated heterocycles. The Morgan fingerprint density at radius 3 is 2.72 bits per heavy atom. The molecular weight excluding hydrogens is 296 g/mol. The van der Waals surface area contributed by atoms with E-state index in [2.05, 4.69) is 21.2 Å². The molecule has 0 atom stereocenters. The molecule has 1 heterocycles. The zero-order chi connectivity index (χ0) is 13.1. The smallest absolute Gasteiger partial charge is 0.291 e. The second kappa shape index (κ2) is 5.07. The van der Waals surface area contributed by atoms with E-state index < -0.39 is 0 Å². The molecule has 0 aliphatic heterocycles. The maximum atomic E-state index is 11.8. The van der Waals surface area contributed by atoms with Crippen molar-refractivity contribution in [3.05, 3.63) is 51.9 Å². The van der Waals surface area contributed by atoms with Gasteiger partial charge in [-0.15, -0.1) is 0 Å². The molecule has 1 amide bonds. The Kier molecular flexibility index (Phi) is 3.49. The van der Waals surface area contributed by atoms with Crippen molar-refractivity contribution in [2.45, 2.75) is 6.92 Å². The number of rotatable bonds is 2. The molecule has 0 bridgehead atoms. The number of aryl methyl sites for hydroxylation is 1. The fourth-order valence-corrected chi connectivity index (χ4v) is 1.90. The molecule has 0 fully saturated rings. The fraction of sp³-hybridized carbons (Fsp3) is 0.0769. The van der Waals surface area contributed by atoms with Crippen LogP contribution in [0.25, 0.3) is 0 Å². The summed E-state index contributed by atoms with van der Waals surface area (Å²) in [4.78, 5) is 11.8. The number of carbonyl (C=O) groups excluding carboxylic acids is 1. The van der Waals surface area contributed by atoms with Crippen LogP contribution in [0.1, 0.15) is 21.9 Å². The molecule has 90 valence electrons. The normalized spacial score (nSPS) is 9.83. The molecule has 0 aliphatic carbocycles. The van der Waals surface area contributed by atoms with Crippen LogP contribution >= 0.6 is 15.9 Å². The summed E-state index contributed by atoms with van der Waals surface area (Å²) >= 11 is 3.30. The van der Waals surface area contributed by atoms with Crippen molar-refractivity contribution < 1.29 is 9.21 Å². The summed E-state index contributed by atoms with van der Waals surface area (Å²) in [5.41, 5.74) is 1.11. The van der Waals surface area contributed by atoms with E-state index in [-0.39, 0.29) is 11.7 Å². The van der Waals surface area contributed by atoms with Crippen molar-refractivity contribution in [3.63, 3.8) is 0 Å². The summed E-state index contributed by atoms with van der Waals surface area (Å²) in [6.45, 7) is 1.77. The van der Waals surface area contributed by atoms with E-state index in [0.717, 1.165) is 0 Å². The average molecular weight is 305 g/mol. The number of carbonyl (C=O) groups is 1. The van der Waals surface area contributed by atoms with Crippen molar-refractivity contribution in [2.75, 3.05) is 5.32 Å². The maximum absolute atomic E-state index is 11.8. The third-order valence-corrected chi connectivity index (χ3v) is 2.97. The van der Waals surface area contributed by atoms with E-state index in [1.807, 2.05) is 6.07 Å². The number of nitrogens with zero attached hydrogens (tertiary/aromatic N) is 1. The van der Waals surface area contributed by atoms with Crippen LogP contribution < -0.4 is 5.32 Å². The zero-order valence-corrected chi connectivity index (χ0v) is 11.1. The number of halogens is 1. The lowest BCUT2D eigenvalue weighted by molar-refractivity contribution is 0.0995. The third-order valence-electron chi connectivity index (χ3n) is 2.31. The third kappa shape index (κ3) is 2.60. The summed E-state index contributed by atoms with van der Waals surface area (Å²) in [5.74, 6) is 0.608.